The number of hydroxylamine groups is 2. The van der Waals surface area contributed by atoms with Gasteiger partial charge in [0.2, 0.25) is 11.8 Å². The van der Waals surface area contributed by atoms with E-state index < -0.39 is 11.9 Å². The maximum atomic E-state index is 15.6. The van der Waals surface area contributed by atoms with E-state index in [9.17, 15) is 19.6 Å². The van der Waals surface area contributed by atoms with Crippen molar-refractivity contribution in [3.05, 3.63) is 53.0 Å². The number of piperidine rings is 1. The number of nitrogens with one attached hydrogen (secondary N) is 1. The number of aromatic nitrogens is 1. The summed E-state index contributed by atoms with van der Waals surface area (Å²) < 4.78 is 15.6. The Morgan fingerprint density at radius 1 is 1.09 bits per heavy atom. The topological polar surface area (TPSA) is 106 Å². The molecule has 1 aromatic heterocycles. The van der Waals surface area contributed by atoms with Crippen LogP contribution in [0.15, 0.2) is 30.5 Å². The number of piperazine rings is 1. The smallest absolute Gasteiger partial charge is 0.255 e. The Hall–Kier alpha value is -3.21. The normalized spacial score (nSPS) is 26.9. The summed E-state index contributed by atoms with van der Waals surface area (Å²) in [5.74, 6) is -1.43. The monoisotopic (exact) mass is 479 g/mol. The molecule has 35 heavy (non-hydrogen) atoms. The number of benzene rings is 1. The van der Waals surface area contributed by atoms with Crippen LogP contribution in [-0.4, -0.2) is 74.0 Å². The Bertz CT molecular complexity index is 1220. The third-order valence-electron chi connectivity index (χ3n) is 7.73. The molecule has 4 aliphatic rings. The summed E-state index contributed by atoms with van der Waals surface area (Å²) >= 11 is 0. The van der Waals surface area contributed by atoms with Crippen molar-refractivity contribution in [3.63, 3.8) is 0 Å². The number of carbonyl (C=O) groups excluding carboxylic acids is 3. The molecule has 6 rings (SSSR count). The van der Waals surface area contributed by atoms with Gasteiger partial charge in [-0.1, -0.05) is 6.07 Å². The van der Waals surface area contributed by atoms with Crippen LogP contribution in [0.5, 0.6) is 0 Å². The highest BCUT2D eigenvalue weighted by Gasteiger charge is 2.41. The molecule has 0 spiro atoms. The molecule has 3 amide bonds. The number of amides is 3. The van der Waals surface area contributed by atoms with Crippen molar-refractivity contribution in [2.45, 2.75) is 56.9 Å². The van der Waals surface area contributed by atoms with Crippen molar-refractivity contribution in [3.8, 4) is 11.3 Å². The minimum absolute atomic E-state index is 0.193. The minimum Gasteiger partial charge on any atom is -0.322 e. The Morgan fingerprint density at radius 3 is 2.60 bits per heavy atom. The quantitative estimate of drug-likeness (QED) is 0.643. The summed E-state index contributed by atoms with van der Waals surface area (Å²) in [4.78, 5) is 44.8. The third-order valence-corrected chi connectivity index (χ3v) is 7.73. The van der Waals surface area contributed by atoms with Gasteiger partial charge in [-0.05, 0) is 43.0 Å². The van der Waals surface area contributed by atoms with Crippen molar-refractivity contribution >= 4 is 17.7 Å². The van der Waals surface area contributed by atoms with Crippen LogP contribution in [0.25, 0.3) is 11.3 Å². The van der Waals surface area contributed by atoms with Crippen molar-refractivity contribution in [1.29, 1.82) is 0 Å². The first-order valence-corrected chi connectivity index (χ1v) is 12.0. The minimum atomic E-state index is -0.691. The Morgan fingerprint density at radius 2 is 1.86 bits per heavy atom. The number of pyridine rings is 1. The molecule has 182 valence electrons. The van der Waals surface area contributed by atoms with Crippen molar-refractivity contribution in [2.75, 3.05) is 13.1 Å². The SMILES string of the molecule is O=C1CCC(N2Cc3cc(-c4nccc(CN5C6CCC5CN(O)C6)c4F)ccc3C2=O)C(=O)N1. The second kappa shape index (κ2) is 8.47. The lowest BCUT2D eigenvalue weighted by atomic mass is 10.0. The zero-order valence-corrected chi connectivity index (χ0v) is 19.1. The number of fused-ring (bicyclic) bond motifs is 3. The van der Waals surface area contributed by atoms with Gasteiger partial charge in [0.15, 0.2) is 5.82 Å². The van der Waals surface area contributed by atoms with E-state index in [0.29, 0.717) is 48.3 Å². The zero-order valence-electron chi connectivity index (χ0n) is 19.1. The highest BCUT2D eigenvalue weighted by molar-refractivity contribution is 6.05. The van der Waals surface area contributed by atoms with E-state index in [1.807, 2.05) is 0 Å². The van der Waals surface area contributed by atoms with Gasteiger partial charge in [0.1, 0.15) is 11.7 Å². The highest BCUT2D eigenvalue weighted by Crippen LogP contribution is 2.34. The molecule has 3 saturated heterocycles. The van der Waals surface area contributed by atoms with Crippen LogP contribution in [0.2, 0.25) is 0 Å². The second-order valence-corrected chi connectivity index (χ2v) is 9.83. The van der Waals surface area contributed by atoms with Crippen LogP contribution in [0, 0.1) is 5.82 Å². The summed E-state index contributed by atoms with van der Waals surface area (Å²) in [6.45, 7) is 1.82. The van der Waals surface area contributed by atoms with Gasteiger partial charge in [0, 0.05) is 67.6 Å². The molecule has 3 atom stereocenters. The molecule has 3 unspecified atom stereocenters. The first kappa shape index (κ1) is 22.3. The van der Waals surface area contributed by atoms with Gasteiger partial charge in [-0.15, -0.1) is 0 Å². The molecule has 0 aliphatic carbocycles. The molecular weight excluding hydrogens is 453 g/mol. The molecule has 0 radical (unpaired) electrons. The Balaban J connectivity index is 1.24. The Labute approximate surface area is 201 Å². The van der Waals surface area contributed by atoms with E-state index in [0.717, 1.165) is 12.8 Å². The molecule has 3 fully saturated rings. The summed E-state index contributed by atoms with van der Waals surface area (Å²) in [6, 6.07) is 6.54. The van der Waals surface area contributed by atoms with Gasteiger partial charge in [-0.2, -0.15) is 5.06 Å². The van der Waals surface area contributed by atoms with Crippen molar-refractivity contribution < 1.29 is 24.0 Å². The average Bonchev–Trinajstić information content (AvgIpc) is 3.27. The van der Waals surface area contributed by atoms with Crippen LogP contribution >= 0.6 is 0 Å². The van der Waals surface area contributed by atoms with Gasteiger partial charge < -0.3 is 10.1 Å². The molecule has 2 N–H and O–H groups in total. The zero-order chi connectivity index (χ0) is 24.3. The largest absolute Gasteiger partial charge is 0.322 e. The molecule has 5 heterocycles. The van der Waals surface area contributed by atoms with E-state index in [2.05, 4.69) is 15.2 Å². The second-order valence-electron chi connectivity index (χ2n) is 9.83. The fraction of sp³-hybridized carbons (Fsp3) is 0.440. The molecule has 9 nitrogen and oxygen atoms in total. The molecule has 2 bridgehead atoms. The summed E-state index contributed by atoms with van der Waals surface area (Å²) in [7, 11) is 0. The predicted octanol–water partition coefficient (Wildman–Crippen LogP) is 1.69. The van der Waals surface area contributed by atoms with Gasteiger partial charge in [0.05, 0.1) is 0 Å². The van der Waals surface area contributed by atoms with Crippen LogP contribution in [-0.2, 0) is 22.7 Å². The number of imide groups is 1. The maximum Gasteiger partial charge on any atom is 0.255 e. The van der Waals surface area contributed by atoms with E-state index in [-0.39, 0.29) is 48.4 Å². The average molecular weight is 480 g/mol. The van der Waals surface area contributed by atoms with E-state index in [1.54, 1.807) is 30.5 Å². The number of hydrogen-bond donors (Lipinski definition) is 2. The summed E-state index contributed by atoms with van der Waals surface area (Å²) in [5, 5.41) is 13.6. The molecule has 10 heteroatoms. The van der Waals surface area contributed by atoms with Gasteiger partial charge >= 0.3 is 0 Å². The first-order valence-electron chi connectivity index (χ1n) is 12.0. The van der Waals surface area contributed by atoms with E-state index in [4.69, 9.17) is 0 Å². The summed E-state index contributed by atoms with van der Waals surface area (Å²) in [6.07, 6.45) is 4.07. The first-order chi connectivity index (χ1) is 16.9. The van der Waals surface area contributed by atoms with Crippen molar-refractivity contribution in [1.82, 2.24) is 25.2 Å². The maximum absolute atomic E-state index is 15.6. The lowest BCUT2D eigenvalue weighted by Crippen LogP contribution is -2.52. The molecule has 2 aromatic rings. The van der Waals surface area contributed by atoms with Crippen molar-refractivity contribution in [2.24, 2.45) is 0 Å². The molecule has 1 aromatic carbocycles. The lowest BCUT2D eigenvalue weighted by molar-refractivity contribution is -0.139. The number of halogens is 1. The number of carbonyl (C=O) groups is 3. The van der Waals surface area contributed by atoms with Crippen LogP contribution in [0.3, 0.4) is 0 Å². The van der Waals surface area contributed by atoms with E-state index >= 15 is 4.39 Å². The summed E-state index contributed by atoms with van der Waals surface area (Å²) in [5.41, 5.74) is 2.55. The predicted molar refractivity (Wildman–Crippen MR) is 121 cm³/mol. The lowest BCUT2D eigenvalue weighted by Gasteiger charge is -2.38. The number of hydrogen-bond acceptors (Lipinski definition) is 7. The van der Waals surface area contributed by atoms with Gasteiger partial charge in [-0.3, -0.25) is 29.6 Å². The van der Waals surface area contributed by atoms with Gasteiger partial charge in [-0.25, -0.2) is 4.39 Å². The fourth-order valence-electron chi connectivity index (χ4n) is 5.95. The molecule has 0 saturated carbocycles. The van der Waals surface area contributed by atoms with E-state index in [1.165, 1.54) is 9.96 Å². The standard InChI is InChI=1S/C25H26FN5O4/c26-22-15(10-30-17-2-3-18(30)13-29(35)12-17)7-8-27-23(22)14-1-4-19-16(9-14)11-31(25(19)34)20-5-6-21(32)28-24(20)33/h1,4,7-9,17-18,20,35H,2-3,5-6,10-13H2,(H,28,32,33). The number of nitrogens with zero attached hydrogens (tertiary/aromatic N) is 4. The van der Waals surface area contributed by atoms with Crippen LogP contribution in [0.4, 0.5) is 4.39 Å². The van der Waals surface area contributed by atoms with Crippen LogP contribution < -0.4 is 5.32 Å². The Kier molecular flexibility index (Phi) is 5.39. The highest BCUT2D eigenvalue weighted by atomic mass is 19.1. The third kappa shape index (κ3) is 3.81. The fourth-order valence-corrected chi connectivity index (χ4v) is 5.95. The molecular formula is C25H26FN5O4. The number of rotatable bonds is 4. The van der Waals surface area contributed by atoms with Gasteiger partial charge in [0.25, 0.3) is 5.91 Å². The van der Waals surface area contributed by atoms with Crippen LogP contribution in [0.1, 0.15) is 47.2 Å². The molecule has 4 aliphatic heterocycles.